The summed E-state index contributed by atoms with van der Waals surface area (Å²) in [5.41, 5.74) is 0.954. The lowest BCUT2D eigenvalue weighted by molar-refractivity contribution is -0.274. The summed E-state index contributed by atoms with van der Waals surface area (Å²) in [5, 5.41) is 3.96. The number of rotatable bonds is 3. The van der Waals surface area contributed by atoms with E-state index in [9.17, 15) is 13.2 Å². The van der Waals surface area contributed by atoms with E-state index < -0.39 is 6.36 Å². The van der Waals surface area contributed by atoms with Crippen LogP contribution in [0.1, 0.15) is 0 Å². The van der Waals surface area contributed by atoms with Crippen molar-refractivity contribution >= 4 is 11.8 Å². The van der Waals surface area contributed by atoms with E-state index in [2.05, 4.69) is 9.84 Å². The Morgan fingerprint density at radius 3 is 2.58 bits per heavy atom. The number of nitrogens with zero attached hydrogens (tertiary/aromatic N) is 2. The first kappa shape index (κ1) is 13.8. The van der Waals surface area contributed by atoms with Crippen molar-refractivity contribution in [3.8, 4) is 16.9 Å². The van der Waals surface area contributed by atoms with Crippen LogP contribution in [0.3, 0.4) is 0 Å². The number of hydrogen-bond acceptors (Lipinski definition) is 3. The first-order chi connectivity index (χ1) is 8.89. The Morgan fingerprint density at radius 2 is 2.05 bits per heavy atom. The summed E-state index contributed by atoms with van der Waals surface area (Å²) in [5.74, 6) is -0.224. The molecule has 19 heavy (non-hydrogen) atoms. The minimum Gasteiger partial charge on any atom is -0.405 e. The van der Waals surface area contributed by atoms with Gasteiger partial charge in [0.1, 0.15) is 5.75 Å². The first-order valence-corrected chi connectivity index (χ1v) is 6.54. The number of thioether (sulfide) groups is 1. The highest BCUT2D eigenvalue weighted by molar-refractivity contribution is 7.98. The van der Waals surface area contributed by atoms with E-state index in [0.29, 0.717) is 11.1 Å². The summed E-state index contributed by atoms with van der Waals surface area (Å²) < 4.78 is 42.7. The average molecular weight is 288 g/mol. The standard InChI is InChI=1S/C12H11F3N2OS/c1-17-7-8(6-16-17)10-5-9(19-2)3-4-11(10)18-12(13,14)15/h3-7H,1-2H3. The molecule has 0 aliphatic carbocycles. The van der Waals surface area contributed by atoms with Crippen LogP contribution in [0.25, 0.3) is 11.1 Å². The van der Waals surface area contributed by atoms with Gasteiger partial charge in [0.05, 0.1) is 6.20 Å². The molecule has 0 saturated carbocycles. The summed E-state index contributed by atoms with van der Waals surface area (Å²) in [7, 11) is 1.70. The minimum atomic E-state index is -4.71. The Balaban J connectivity index is 2.48. The van der Waals surface area contributed by atoms with Gasteiger partial charge in [-0.25, -0.2) is 0 Å². The molecule has 0 atom stereocenters. The second kappa shape index (κ2) is 5.16. The summed E-state index contributed by atoms with van der Waals surface area (Å²) >= 11 is 1.45. The monoisotopic (exact) mass is 288 g/mol. The molecule has 0 aliphatic heterocycles. The number of halogens is 3. The van der Waals surface area contributed by atoms with Crippen molar-refractivity contribution in [2.75, 3.05) is 6.26 Å². The zero-order valence-corrected chi connectivity index (χ0v) is 11.0. The fourth-order valence-corrected chi connectivity index (χ4v) is 2.08. The predicted molar refractivity (Wildman–Crippen MR) is 67.1 cm³/mol. The van der Waals surface area contributed by atoms with Gasteiger partial charge in [-0.2, -0.15) is 5.10 Å². The quantitative estimate of drug-likeness (QED) is 0.806. The second-order valence-electron chi connectivity index (χ2n) is 3.81. The molecule has 3 nitrogen and oxygen atoms in total. The zero-order valence-electron chi connectivity index (χ0n) is 10.2. The number of ether oxygens (including phenoxy) is 1. The smallest absolute Gasteiger partial charge is 0.405 e. The predicted octanol–water partition coefficient (Wildman–Crippen LogP) is 3.71. The van der Waals surface area contributed by atoms with Gasteiger partial charge in [-0.15, -0.1) is 24.9 Å². The third kappa shape index (κ3) is 3.44. The summed E-state index contributed by atoms with van der Waals surface area (Å²) in [6.07, 6.45) is 0.288. The lowest BCUT2D eigenvalue weighted by atomic mass is 10.1. The van der Waals surface area contributed by atoms with Crippen molar-refractivity contribution in [2.45, 2.75) is 11.3 Å². The summed E-state index contributed by atoms with van der Waals surface area (Å²) in [6.45, 7) is 0. The van der Waals surface area contributed by atoms with Gasteiger partial charge in [0.2, 0.25) is 0 Å². The summed E-state index contributed by atoms with van der Waals surface area (Å²) in [4.78, 5) is 0.855. The number of benzene rings is 1. The van der Waals surface area contributed by atoms with E-state index in [1.165, 1.54) is 28.7 Å². The molecule has 0 radical (unpaired) electrons. The molecule has 0 aliphatic rings. The highest BCUT2D eigenvalue weighted by atomic mass is 32.2. The molecule has 1 aromatic heterocycles. The van der Waals surface area contributed by atoms with E-state index in [-0.39, 0.29) is 5.75 Å². The molecular formula is C12H11F3N2OS. The SMILES string of the molecule is CSc1ccc(OC(F)(F)F)c(-c2cnn(C)c2)c1. The largest absolute Gasteiger partial charge is 0.573 e. The van der Waals surface area contributed by atoms with Crippen LogP contribution in [0.5, 0.6) is 5.75 Å². The minimum absolute atomic E-state index is 0.224. The molecule has 0 unspecified atom stereocenters. The van der Waals surface area contributed by atoms with Gasteiger partial charge in [-0.1, -0.05) is 0 Å². The van der Waals surface area contributed by atoms with Gasteiger partial charge in [0, 0.05) is 29.3 Å². The lowest BCUT2D eigenvalue weighted by Crippen LogP contribution is -2.17. The van der Waals surface area contributed by atoms with Gasteiger partial charge >= 0.3 is 6.36 Å². The fourth-order valence-electron chi connectivity index (χ4n) is 1.64. The van der Waals surface area contributed by atoms with Crippen LogP contribution in [0.4, 0.5) is 13.2 Å². The highest BCUT2D eigenvalue weighted by Gasteiger charge is 2.32. The number of aryl methyl sites for hydroxylation is 1. The maximum absolute atomic E-state index is 12.4. The van der Waals surface area contributed by atoms with Crippen LogP contribution >= 0.6 is 11.8 Å². The molecule has 1 heterocycles. The van der Waals surface area contributed by atoms with Crippen LogP contribution in [0, 0.1) is 0 Å². The third-order valence-electron chi connectivity index (χ3n) is 2.43. The molecule has 0 N–H and O–H groups in total. The molecule has 7 heteroatoms. The number of alkyl halides is 3. The third-order valence-corrected chi connectivity index (χ3v) is 3.15. The Hall–Kier alpha value is -1.63. The van der Waals surface area contributed by atoms with Gasteiger partial charge in [-0.05, 0) is 24.5 Å². The van der Waals surface area contributed by atoms with E-state index in [4.69, 9.17) is 0 Å². The van der Waals surface area contributed by atoms with Crippen molar-refractivity contribution in [2.24, 2.45) is 7.05 Å². The molecule has 0 fully saturated rings. The molecular weight excluding hydrogens is 277 g/mol. The maximum atomic E-state index is 12.4. The molecule has 0 saturated heterocycles. The van der Waals surface area contributed by atoms with Crippen molar-refractivity contribution < 1.29 is 17.9 Å². The highest BCUT2D eigenvalue weighted by Crippen LogP contribution is 2.36. The van der Waals surface area contributed by atoms with E-state index in [1.807, 2.05) is 6.26 Å². The molecule has 1 aromatic carbocycles. The molecule has 0 amide bonds. The van der Waals surface area contributed by atoms with Crippen LogP contribution in [0.2, 0.25) is 0 Å². The van der Waals surface area contributed by atoms with Gasteiger partial charge in [0.15, 0.2) is 0 Å². The van der Waals surface area contributed by atoms with Gasteiger partial charge in [-0.3, -0.25) is 4.68 Å². The van der Waals surface area contributed by atoms with Crippen molar-refractivity contribution in [1.29, 1.82) is 0 Å². The first-order valence-electron chi connectivity index (χ1n) is 5.32. The van der Waals surface area contributed by atoms with Crippen LogP contribution in [0.15, 0.2) is 35.5 Å². The van der Waals surface area contributed by atoms with Crippen LogP contribution in [-0.4, -0.2) is 22.4 Å². The molecule has 2 rings (SSSR count). The summed E-state index contributed by atoms with van der Waals surface area (Å²) in [6, 6.07) is 4.57. The zero-order chi connectivity index (χ0) is 14.0. The second-order valence-corrected chi connectivity index (χ2v) is 4.69. The maximum Gasteiger partial charge on any atom is 0.573 e. The van der Waals surface area contributed by atoms with Gasteiger partial charge in [0.25, 0.3) is 0 Å². The Bertz CT molecular complexity index is 581. The normalized spacial score (nSPS) is 11.6. The molecule has 0 bridgehead atoms. The van der Waals surface area contributed by atoms with Crippen LogP contribution in [-0.2, 0) is 7.05 Å². The Kier molecular flexibility index (Phi) is 3.75. The topological polar surface area (TPSA) is 27.1 Å². The number of aromatic nitrogens is 2. The Morgan fingerprint density at radius 1 is 1.32 bits per heavy atom. The van der Waals surface area contributed by atoms with E-state index in [0.717, 1.165) is 4.90 Å². The van der Waals surface area contributed by atoms with Crippen molar-refractivity contribution in [3.05, 3.63) is 30.6 Å². The Labute approximate surface area is 112 Å². The fraction of sp³-hybridized carbons (Fsp3) is 0.250. The van der Waals surface area contributed by atoms with Gasteiger partial charge < -0.3 is 4.74 Å². The van der Waals surface area contributed by atoms with E-state index >= 15 is 0 Å². The van der Waals surface area contributed by atoms with Crippen molar-refractivity contribution in [1.82, 2.24) is 9.78 Å². The lowest BCUT2D eigenvalue weighted by Gasteiger charge is -2.13. The average Bonchev–Trinajstić information content (AvgIpc) is 2.74. The molecule has 0 spiro atoms. The molecule has 102 valence electrons. The number of hydrogen-bond donors (Lipinski definition) is 0. The van der Waals surface area contributed by atoms with E-state index in [1.54, 1.807) is 25.4 Å². The van der Waals surface area contributed by atoms with Crippen molar-refractivity contribution in [3.63, 3.8) is 0 Å². The van der Waals surface area contributed by atoms with Crippen LogP contribution < -0.4 is 4.74 Å². The molecule has 2 aromatic rings.